The molecule has 0 saturated carbocycles. The van der Waals surface area contributed by atoms with Crippen molar-refractivity contribution in [1.82, 2.24) is 14.1 Å². The number of amides is 1. The van der Waals surface area contributed by atoms with Gasteiger partial charge in [0.05, 0.1) is 33.9 Å². The molecule has 8 nitrogen and oxygen atoms in total. The molecule has 0 radical (unpaired) electrons. The van der Waals surface area contributed by atoms with E-state index in [2.05, 4.69) is 10.4 Å². The Morgan fingerprint density at radius 3 is 2.56 bits per heavy atom. The highest BCUT2D eigenvalue weighted by atomic mass is 32.2. The SMILES string of the molecule is CN(CC(=O)Nc1cc(C(F)(F)F)ccc1-n1cccn1)S(=O)(=O)c1ccccc1C#N. The molecule has 2 aromatic carbocycles. The van der Waals surface area contributed by atoms with E-state index in [0.29, 0.717) is 4.31 Å². The van der Waals surface area contributed by atoms with Gasteiger partial charge in [0.25, 0.3) is 0 Å². The lowest BCUT2D eigenvalue weighted by atomic mass is 10.1. The predicted molar refractivity (Wildman–Crippen MR) is 108 cm³/mol. The van der Waals surface area contributed by atoms with Gasteiger partial charge in [-0.3, -0.25) is 4.79 Å². The van der Waals surface area contributed by atoms with Crippen molar-refractivity contribution in [1.29, 1.82) is 5.26 Å². The number of alkyl halides is 3. The summed E-state index contributed by atoms with van der Waals surface area (Å²) in [5, 5.41) is 15.4. The van der Waals surface area contributed by atoms with E-state index in [1.54, 1.807) is 12.1 Å². The van der Waals surface area contributed by atoms with Gasteiger partial charge in [-0.15, -0.1) is 0 Å². The number of halogens is 3. The van der Waals surface area contributed by atoms with Gasteiger partial charge in [-0.05, 0) is 36.4 Å². The summed E-state index contributed by atoms with van der Waals surface area (Å²) in [7, 11) is -3.07. The summed E-state index contributed by atoms with van der Waals surface area (Å²) in [6.45, 7) is -0.698. The number of nitriles is 1. The topological polar surface area (TPSA) is 108 Å². The number of carbonyl (C=O) groups excluding carboxylic acids is 1. The van der Waals surface area contributed by atoms with Crippen molar-refractivity contribution < 1.29 is 26.4 Å². The number of likely N-dealkylation sites (N-methyl/N-ethyl adjacent to an activating group) is 1. The van der Waals surface area contributed by atoms with E-state index < -0.39 is 34.2 Å². The number of carbonyl (C=O) groups is 1. The van der Waals surface area contributed by atoms with Crippen molar-refractivity contribution in [2.75, 3.05) is 18.9 Å². The quantitative estimate of drug-likeness (QED) is 0.605. The van der Waals surface area contributed by atoms with Gasteiger partial charge in [0, 0.05) is 19.4 Å². The maximum atomic E-state index is 13.2. The second kappa shape index (κ2) is 8.81. The zero-order chi connectivity index (χ0) is 23.5. The molecule has 166 valence electrons. The van der Waals surface area contributed by atoms with Crippen molar-refractivity contribution in [2.45, 2.75) is 11.1 Å². The van der Waals surface area contributed by atoms with Crippen LogP contribution >= 0.6 is 0 Å². The first kappa shape index (κ1) is 23.0. The number of hydrogen-bond donors (Lipinski definition) is 1. The molecule has 0 bridgehead atoms. The summed E-state index contributed by atoms with van der Waals surface area (Å²) in [6.07, 6.45) is -1.76. The molecule has 1 amide bonds. The van der Waals surface area contributed by atoms with Crippen LogP contribution in [0.25, 0.3) is 5.69 Å². The summed E-state index contributed by atoms with van der Waals surface area (Å²) < 4.78 is 67.0. The number of rotatable bonds is 6. The summed E-state index contributed by atoms with van der Waals surface area (Å²) in [6, 6.07) is 11.5. The number of hydrogen-bond acceptors (Lipinski definition) is 5. The maximum absolute atomic E-state index is 13.2. The highest BCUT2D eigenvalue weighted by Gasteiger charge is 2.32. The van der Waals surface area contributed by atoms with Gasteiger partial charge in [-0.1, -0.05) is 12.1 Å². The average molecular weight is 463 g/mol. The van der Waals surface area contributed by atoms with E-state index in [-0.39, 0.29) is 21.8 Å². The number of sulfonamides is 1. The molecule has 3 aromatic rings. The van der Waals surface area contributed by atoms with E-state index in [0.717, 1.165) is 25.2 Å². The number of anilines is 1. The monoisotopic (exact) mass is 463 g/mol. The molecule has 0 saturated heterocycles. The molecule has 0 aliphatic carbocycles. The second-order valence-corrected chi connectivity index (χ2v) is 8.61. The molecule has 1 heterocycles. The molecule has 0 spiro atoms. The minimum absolute atomic E-state index is 0.0985. The third kappa shape index (κ3) is 4.79. The second-order valence-electron chi connectivity index (χ2n) is 6.60. The van der Waals surface area contributed by atoms with E-state index in [1.165, 1.54) is 41.3 Å². The third-order valence-electron chi connectivity index (χ3n) is 4.41. The largest absolute Gasteiger partial charge is 0.416 e. The lowest BCUT2D eigenvalue weighted by Crippen LogP contribution is -2.35. The zero-order valence-corrected chi connectivity index (χ0v) is 17.4. The van der Waals surface area contributed by atoms with Crippen LogP contribution in [0, 0.1) is 11.3 Å². The molecule has 12 heteroatoms. The molecule has 1 N–H and O–H groups in total. The molecule has 0 unspecified atom stereocenters. The van der Waals surface area contributed by atoms with Crippen LogP contribution in [0.4, 0.5) is 18.9 Å². The smallest absolute Gasteiger partial charge is 0.323 e. The molecular weight excluding hydrogens is 447 g/mol. The molecule has 32 heavy (non-hydrogen) atoms. The van der Waals surface area contributed by atoms with E-state index in [4.69, 9.17) is 5.26 Å². The normalized spacial score (nSPS) is 11.9. The van der Waals surface area contributed by atoms with Gasteiger partial charge in [0.15, 0.2) is 0 Å². The standard InChI is InChI=1S/C20H16F3N5O3S/c1-27(32(30,31)18-6-3-2-5-14(18)12-24)13-19(29)26-16-11-15(20(21,22)23)7-8-17(16)28-10-4-9-25-28/h2-11H,13H2,1H3,(H,26,29). The van der Waals surface area contributed by atoms with Crippen LogP contribution in [-0.4, -0.2) is 42.0 Å². The average Bonchev–Trinajstić information content (AvgIpc) is 3.27. The summed E-state index contributed by atoms with van der Waals surface area (Å²) in [4.78, 5) is 12.3. The number of aromatic nitrogens is 2. The third-order valence-corrected chi connectivity index (χ3v) is 6.27. The summed E-state index contributed by atoms with van der Waals surface area (Å²) >= 11 is 0. The molecule has 1 aromatic heterocycles. The van der Waals surface area contributed by atoms with Crippen LogP contribution in [0.3, 0.4) is 0 Å². The Bertz CT molecular complexity index is 1280. The molecule has 3 rings (SSSR count). The summed E-state index contributed by atoms with van der Waals surface area (Å²) in [5.74, 6) is -0.877. The Morgan fingerprint density at radius 2 is 1.94 bits per heavy atom. The molecule has 0 atom stereocenters. The Balaban J connectivity index is 1.88. The first-order valence-electron chi connectivity index (χ1n) is 9.00. The first-order valence-corrected chi connectivity index (χ1v) is 10.4. The fourth-order valence-electron chi connectivity index (χ4n) is 2.85. The highest BCUT2D eigenvalue weighted by molar-refractivity contribution is 7.89. The Kier molecular flexibility index (Phi) is 6.33. The molecule has 0 fully saturated rings. The fraction of sp³-hybridized carbons (Fsp3) is 0.150. The van der Waals surface area contributed by atoms with E-state index in [1.807, 2.05) is 0 Å². The van der Waals surface area contributed by atoms with Gasteiger partial charge in [0.2, 0.25) is 15.9 Å². The fourth-order valence-corrected chi connectivity index (χ4v) is 4.12. The van der Waals surface area contributed by atoms with Crippen LogP contribution in [0.1, 0.15) is 11.1 Å². The number of nitrogens with one attached hydrogen (secondary N) is 1. The van der Waals surface area contributed by atoms with Crippen molar-refractivity contribution in [3.05, 3.63) is 72.1 Å². The minimum atomic E-state index is -4.65. The number of benzene rings is 2. The van der Waals surface area contributed by atoms with Crippen LogP contribution in [0.2, 0.25) is 0 Å². The van der Waals surface area contributed by atoms with E-state index >= 15 is 0 Å². The van der Waals surface area contributed by atoms with Gasteiger partial charge in [0.1, 0.15) is 6.07 Å². The minimum Gasteiger partial charge on any atom is -0.323 e. The van der Waals surface area contributed by atoms with Crippen molar-refractivity contribution >= 4 is 21.6 Å². The van der Waals surface area contributed by atoms with Crippen molar-refractivity contribution in [3.63, 3.8) is 0 Å². The van der Waals surface area contributed by atoms with Crippen LogP contribution in [-0.2, 0) is 21.0 Å². The predicted octanol–water partition coefficient (Wildman–Crippen LogP) is 3.02. The van der Waals surface area contributed by atoms with Crippen molar-refractivity contribution in [2.24, 2.45) is 0 Å². The van der Waals surface area contributed by atoms with Gasteiger partial charge in [-0.2, -0.15) is 27.8 Å². The van der Waals surface area contributed by atoms with Crippen LogP contribution < -0.4 is 5.32 Å². The zero-order valence-electron chi connectivity index (χ0n) is 16.5. The van der Waals surface area contributed by atoms with Gasteiger partial charge >= 0.3 is 6.18 Å². The van der Waals surface area contributed by atoms with Crippen LogP contribution in [0.5, 0.6) is 0 Å². The Labute approximate surface area is 181 Å². The molecule has 0 aliphatic rings. The first-order chi connectivity index (χ1) is 15.0. The number of nitrogens with zero attached hydrogens (tertiary/aromatic N) is 4. The van der Waals surface area contributed by atoms with E-state index in [9.17, 15) is 26.4 Å². The van der Waals surface area contributed by atoms with Gasteiger partial charge in [-0.25, -0.2) is 13.1 Å². The Hall–Kier alpha value is -3.69. The molecule has 0 aliphatic heterocycles. The highest BCUT2D eigenvalue weighted by Crippen LogP contribution is 2.33. The van der Waals surface area contributed by atoms with Crippen molar-refractivity contribution in [3.8, 4) is 11.8 Å². The molecular formula is C20H16F3N5O3S. The maximum Gasteiger partial charge on any atom is 0.416 e. The lowest BCUT2D eigenvalue weighted by Gasteiger charge is -2.19. The Morgan fingerprint density at radius 1 is 1.22 bits per heavy atom. The lowest BCUT2D eigenvalue weighted by molar-refractivity contribution is -0.137. The summed E-state index contributed by atoms with van der Waals surface area (Å²) in [5.41, 5.74) is -1.13. The van der Waals surface area contributed by atoms with Crippen LogP contribution in [0.15, 0.2) is 65.8 Å². The van der Waals surface area contributed by atoms with Gasteiger partial charge < -0.3 is 5.32 Å².